The number of halogens is 1. The summed E-state index contributed by atoms with van der Waals surface area (Å²) >= 11 is 0. The molecule has 0 aliphatic carbocycles. The first-order chi connectivity index (χ1) is 10.2. The molecule has 0 saturated carbocycles. The van der Waals surface area contributed by atoms with Crippen molar-refractivity contribution in [2.24, 2.45) is 0 Å². The molecule has 1 amide bonds. The van der Waals surface area contributed by atoms with Crippen molar-refractivity contribution in [1.82, 2.24) is 19.9 Å². The number of para-hydroxylation sites is 1. The SMILES string of the molecule is O=C(COc1ccccc1F)N1CC[C@@H](n2nccn2)C1. The molecular weight excluding hydrogens is 275 g/mol. The summed E-state index contributed by atoms with van der Waals surface area (Å²) < 4.78 is 18.6. The minimum atomic E-state index is -0.467. The number of nitrogens with zero attached hydrogens (tertiary/aromatic N) is 4. The fourth-order valence-corrected chi connectivity index (χ4v) is 2.36. The molecule has 0 radical (unpaired) electrons. The molecule has 2 aromatic rings. The van der Waals surface area contributed by atoms with E-state index >= 15 is 0 Å². The molecule has 1 fully saturated rings. The Bertz CT molecular complexity index is 617. The van der Waals surface area contributed by atoms with E-state index in [9.17, 15) is 9.18 Å². The van der Waals surface area contributed by atoms with Gasteiger partial charge in [-0.05, 0) is 18.6 Å². The molecule has 0 spiro atoms. The number of rotatable bonds is 4. The summed E-state index contributed by atoms with van der Waals surface area (Å²) in [5.74, 6) is -0.534. The quantitative estimate of drug-likeness (QED) is 0.851. The number of ether oxygens (including phenoxy) is 1. The molecule has 0 N–H and O–H groups in total. The summed E-state index contributed by atoms with van der Waals surface area (Å²) in [4.78, 5) is 15.4. The molecule has 2 heterocycles. The molecule has 0 unspecified atom stereocenters. The lowest BCUT2D eigenvalue weighted by Crippen LogP contribution is -2.33. The van der Waals surface area contributed by atoms with Gasteiger partial charge in [0.1, 0.15) is 0 Å². The van der Waals surface area contributed by atoms with E-state index < -0.39 is 5.82 Å². The smallest absolute Gasteiger partial charge is 0.260 e. The molecular formula is C14H15FN4O2. The van der Waals surface area contributed by atoms with Crippen molar-refractivity contribution >= 4 is 5.91 Å². The van der Waals surface area contributed by atoms with Crippen LogP contribution < -0.4 is 4.74 Å². The van der Waals surface area contributed by atoms with Crippen LogP contribution in [-0.4, -0.2) is 45.5 Å². The fraction of sp³-hybridized carbons (Fsp3) is 0.357. The Labute approximate surface area is 121 Å². The average Bonchev–Trinajstić information content (AvgIpc) is 3.16. The maximum Gasteiger partial charge on any atom is 0.260 e. The second-order valence-corrected chi connectivity index (χ2v) is 4.85. The van der Waals surface area contributed by atoms with Gasteiger partial charge in [0.25, 0.3) is 5.91 Å². The number of hydrogen-bond acceptors (Lipinski definition) is 4. The highest BCUT2D eigenvalue weighted by Crippen LogP contribution is 2.20. The first-order valence-electron chi connectivity index (χ1n) is 6.75. The zero-order valence-corrected chi connectivity index (χ0v) is 11.4. The van der Waals surface area contributed by atoms with Crippen molar-refractivity contribution < 1.29 is 13.9 Å². The van der Waals surface area contributed by atoms with Crippen LogP contribution in [0.2, 0.25) is 0 Å². The van der Waals surface area contributed by atoms with Crippen molar-refractivity contribution in [3.8, 4) is 5.75 Å². The summed E-state index contributed by atoms with van der Waals surface area (Å²) in [6, 6.07) is 6.14. The van der Waals surface area contributed by atoms with Crippen molar-refractivity contribution in [3.05, 3.63) is 42.5 Å². The summed E-state index contributed by atoms with van der Waals surface area (Å²) in [5.41, 5.74) is 0. The van der Waals surface area contributed by atoms with E-state index in [1.807, 2.05) is 0 Å². The molecule has 1 aliphatic heterocycles. The van der Waals surface area contributed by atoms with Crippen LogP contribution in [-0.2, 0) is 4.79 Å². The zero-order chi connectivity index (χ0) is 14.7. The molecule has 1 aromatic heterocycles. The van der Waals surface area contributed by atoms with Gasteiger partial charge >= 0.3 is 0 Å². The van der Waals surface area contributed by atoms with Crippen LogP contribution in [0.1, 0.15) is 12.5 Å². The van der Waals surface area contributed by atoms with E-state index in [1.54, 1.807) is 34.2 Å². The Morgan fingerprint density at radius 2 is 2.10 bits per heavy atom. The lowest BCUT2D eigenvalue weighted by Gasteiger charge is -2.16. The number of likely N-dealkylation sites (tertiary alicyclic amines) is 1. The highest BCUT2D eigenvalue weighted by Gasteiger charge is 2.28. The topological polar surface area (TPSA) is 60.2 Å². The second kappa shape index (κ2) is 5.90. The summed E-state index contributed by atoms with van der Waals surface area (Å²) in [7, 11) is 0. The van der Waals surface area contributed by atoms with Gasteiger partial charge in [-0.1, -0.05) is 12.1 Å². The van der Waals surface area contributed by atoms with Gasteiger partial charge in [-0.25, -0.2) is 4.39 Å². The lowest BCUT2D eigenvalue weighted by molar-refractivity contribution is -0.132. The summed E-state index contributed by atoms with van der Waals surface area (Å²) in [6.07, 6.45) is 4.04. The monoisotopic (exact) mass is 290 g/mol. The molecule has 1 saturated heterocycles. The Balaban J connectivity index is 1.54. The van der Waals surface area contributed by atoms with Gasteiger partial charge in [0.15, 0.2) is 18.2 Å². The van der Waals surface area contributed by atoms with Crippen molar-refractivity contribution in [2.45, 2.75) is 12.5 Å². The highest BCUT2D eigenvalue weighted by molar-refractivity contribution is 5.78. The van der Waals surface area contributed by atoms with E-state index in [1.165, 1.54) is 12.1 Å². The van der Waals surface area contributed by atoms with E-state index in [0.717, 1.165) is 6.42 Å². The van der Waals surface area contributed by atoms with Gasteiger partial charge in [-0.2, -0.15) is 15.0 Å². The van der Waals surface area contributed by atoms with Crippen molar-refractivity contribution in [1.29, 1.82) is 0 Å². The molecule has 1 aromatic carbocycles. The first-order valence-corrected chi connectivity index (χ1v) is 6.75. The third kappa shape index (κ3) is 3.01. The number of carbonyl (C=O) groups excluding carboxylic acids is 1. The number of carbonyl (C=O) groups is 1. The molecule has 110 valence electrons. The normalized spacial score (nSPS) is 18.0. The molecule has 0 bridgehead atoms. The van der Waals surface area contributed by atoms with Crippen LogP contribution >= 0.6 is 0 Å². The zero-order valence-electron chi connectivity index (χ0n) is 11.4. The molecule has 1 aliphatic rings. The van der Waals surface area contributed by atoms with Crippen LogP contribution in [0.3, 0.4) is 0 Å². The van der Waals surface area contributed by atoms with E-state index in [2.05, 4.69) is 10.2 Å². The van der Waals surface area contributed by atoms with Crippen LogP contribution in [0.15, 0.2) is 36.7 Å². The minimum Gasteiger partial charge on any atom is -0.481 e. The van der Waals surface area contributed by atoms with Crippen molar-refractivity contribution in [3.63, 3.8) is 0 Å². The predicted molar refractivity (Wildman–Crippen MR) is 72.2 cm³/mol. The second-order valence-electron chi connectivity index (χ2n) is 4.85. The van der Waals surface area contributed by atoms with Crippen LogP contribution in [0.4, 0.5) is 4.39 Å². The first kappa shape index (κ1) is 13.5. The van der Waals surface area contributed by atoms with Gasteiger partial charge < -0.3 is 9.64 Å². The van der Waals surface area contributed by atoms with Gasteiger partial charge in [0.2, 0.25) is 0 Å². The maximum absolute atomic E-state index is 13.4. The third-order valence-corrected chi connectivity index (χ3v) is 3.47. The lowest BCUT2D eigenvalue weighted by atomic mass is 10.3. The van der Waals surface area contributed by atoms with E-state index in [-0.39, 0.29) is 24.3 Å². The fourth-order valence-electron chi connectivity index (χ4n) is 2.36. The van der Waals surface area contributed by atoms with Crippen LogP contribution in [0.25, 0.3) is 0 Å². The minimum absolute atomic E-state index is 0.0929. The highest BCUT2D eigenvalue weighted by atomic mass is 19.1. The Morgan fingerprint density at radius 3 is 2.86 bits per heavy atom. The summed E-state index contributed by atoms with van der Waals surface area (Å²) in [5, 5.41) is 8.17. The molecule has 21 heavy (non-hydrogen) atoms. The van der Waals surface area contributed by atoms with Crippen molar-refractivity contribution in [2.75, 3.05) is 19.7 Å². The van der Waals surface area contributed by atoms with Crippen LogP contribution in [0, 0.1) is 5.82 Å². The van der Waals surface area contributed by atoms with Gasteiger partial charge in [-0.15, -0.1) is 0 Å². The van der Waals surface area contributed by atoms with Crippen LogP contribution in [0.5, 0.6) is 5.75 Å². The Kier molecular flexibility index (Phi) is 3.81. The van der Waals surface area contributed by atoms with Gasteiger partial charge in [-0.3, -0.25) is 4.79 Å². The molecule has 3 rings (SSSR count). The van der Waals surface area contributed by atoms with E-state index in [0.29, 0.717) is 13.1 Å². The number of benzene rings is 1. The number of aromatic nitrogens is 3. The molecule has 1 atom stereocenters. The Morgan fingerprint density at radius 1 is 1.33 bits per heavy atom. The summed E-state index contributed by atoms with van der Waals surface area (Å²) in [6.45, 7) is 1.01. The average molecular weight is 290 g/mol. The maximum atomic E-state index is 13.4. The largest absolute Gasteiger partial charge is 0.481 e. The number of hydrogen-bond donors (Lipinski definition) is 0. The van der Waals surface area contributed by atoms with Gasteiger partial charge in [0, 0.05) is 13.1 Å². The molecule has 7 heteroatoms. The number of amides is 1. The van der Waals surface area contributed by atoms with E-state index in [4.69, 9.17) is 4.74 Å². The van der Waals surface area contributed by atoms with Gasteiger partial charge in [0.05, 0.1) is 18.4 Å². The predicted octanol–water partition coefficient (Wildman–Crippen LogP) is 1.27. The molecule has 6 nitrogen and oxygen atoms in total. The standard InChI is InChI=1S/C14H15FN4O2/c15-12-3-1-2-4-13(12)21-10-14(20)18-8-5-11(9-18)19-16-6-7-17-19/h1-4,6-7,11H,5,8-10H2/t11-/m1/s1. The Hall–Kier alpha value is -2.44. The third-order valence-electron chi connectivity index (χ3n) is 3.47.